The number of nitro groups is 1. The highest BCUT2D eigenvalue weighted by Crippen LogP contribution is 2.35. The molecular weight excluding hydrogens is 425 g/mol. The van der Waals surface area contributed by atoms with Crippen LogP contribution in [0.5, 0.6) is 5.75 Å². The molecule has 0 aliphatic carbocycles. The molecule has 0 aromatic heterocycles. The van der Waals surface area contributed by atoms with Crippen molar-refractivity contribution in [1.29, 1.82) is 0 Å². The standard InChI is InChI=1S/C25H26FN3O4/c1-17-14-28(18(2)13-27(17)15-19-7-10-21(26)11-8-19)24(30)16-33-25-22-6-4-3-5-20(22)9-12-23(25)29(31)32/h3-12,17-18H,13-16H2,1-2H3. The smallest absolute Gasteiger partial charge is 0.311 e. The van der Waals surface area contributed by atoms with E-state index in [1.165, 1.54) is 18.2 Å². The van der Waals surface area contributed by atoms with Crippen LogP contribution in [0.1, 0.15) is 19.4 Å². The molecule has 1 heterocycles. The Morgan fingerprint density at radius 3 is 2.52 bits per heavy atom. The molecule has 3 aromatic rings. The minimum absolute atomic E-state index is 0.0553. The molecular formula is C25H26FN3O4. The first kappa shape index (κ1) is 22.7. The van der Waals surface area contributed by atoms with Crippen LogP contribution in [0.3, 0.4) is 0 Å². The predicted molar refractivity (Wildman–Crippen MR) is 124 cm³/mol. The quantitative estimate of drug-likeness (QED) is 0.411. The second-order valence-corrected chi connectivity index (χ2v) is 8.48. The van der Waals surface area contributed by atoms with Gasteiger partial charge in [0.25, 0.3) is 5.91 Å². The van der Waals surface area contributed by atoms with Crippen LogP contribution in [-0.2, 0) is 11.3 Å². The Bertz CT molecular complexity index is 1170. The number of halogens is 1. The van der Waals surface area contributed by atoms with Gasteiger partial charge < -0.3 is 9.64 Å². The van der Waals surface area contributed by atoms with Gasteiger partial charge in [-0.05, 0) is 43.0 Å². The van der Waals surface area contributed by atoms with Crippen LogP contribution in [0.4, 0.5) is 10.1 Å². The Hall–Kier alpha value is -3.52. The van der Waals surface area contributed by atoms with Crippen molar-refractivity contribution in [3.63, 3.8) is 0 Å². The number of carbonyl (C=O) groups excluding carboxylic acids is 1. The molecule has 1 aliphatic rings. The number of hydrogen-bond donors (Lipinski definition) is 0. The van der Waals surface area contributed by atoms with Crippen molar-refractivity contribution in [1.82, 2.24) is 9.80 Å². The Labute approximate surface area is 191 Å². The van der Waals surface area contributed by atoms with E-state index in [4.69, 9.17) is 4.74 Å². The van der Waals surface area contributed by atoms with Crippen LogP contribution in [0.2, 0.25) is 0 Å². The Kier molecular flexibility index (Phi) is 6.55. The fraction of sp³-hybridized carbons (Fsp3) is 0.320. The molecule has 8 heteroatoms. The van der Waals surface area contributed by atoms with Crippen molar-refractivity contribution in [2.45, 2.75) is 32.5 Å². The molecule has 2 unspecified atom stereocenters. The van der Waals surface area contributed by atoms with Crippen LogP contribution in [0.25, 0.3) is 10.8 Å². The molecule has 0 N–H and O–H groups in total. The number of ether oxygens (including phenoxy) is 1. The van der Waals surface area contributed by atoms with Gasteiger partial charge in [-0.2, -0.15) is 0 Å². The van der Waals surface area contributed by atoms with Crippen LogP contribution in [0.15, 0.2) is 60.7 Å². The zero-order valence-electron chi connectivity index (χ0n) is 18.6. The first-order chi connectivity index (χ1) is 15.8. The van der Waals surface area contributed by atoms with E-state index < -0.39 is 4.92 Å². The van der Waals surface area contributed by atoms with Gasteiger partial charge in [0.05, 0.1) is 4.92 Å². The van der Waals surface area contributed by atoms with Gasteiger partial charge in [0, 0.05) is 43.2 Å². The highest BCUT2D eigenvalue weighted by molar-refractivity contribution is 5.92. The average molecular weight is 451 g/mol. The predicted octanol–water partition coefficient (Wildman–Crippen LogP) is 4.39. The largest absolute Gasteiger partial charge is 0.476 e. The van der Waals surface area contributed by atoms with Crippen molar-refractivity contribution >= 4 is 22.4 Å². The lowest BCUT2D eigenvalue weighted by Crippen LogP contribution is -2.58. The molecule has 172 valence electrons. The number of fused-ring (bicyclic) bond motifs is 1. The van der Waals surface area contributed by atoms with Crippen molar-refractivity contribution in [3.05, 3.63) is 82.2 Å². The van der Waals surface area contributed by atoms with Crippen LogP contribution in [-0.4, -0.2) is 52.4 Å². The summed E-state index contributed by atoms with van der Waals surface area (Å²) < 4.78 is 18.9. The summed E-state index contributed by atoms with van der Waals surface area (Å²) in [6.45, 7) is 5.60. The summed E-state index contributed by atoms with van der Waals surface area (Å²) in [6.07, 6.45) is 0. The van der Waals surface area contributed by atoms with E-state index >= 15 is 0 Å². The summed E-state index contributed by atoms with van der Waals surface area (Å²) in [5.41, 5.74) is 0.855. The highest BCUT2D eigenvalue weighted by atomic mass is 19.1. The van der Waals surface area contributed by atoms with Gasteiger partial charge in [0.1, 0.15) is 5.82 Å². The Balaban J connectivity index is 1.44. The Morgan fingerprint density at radius 2 is 1.79 bits per heavy atom. The summed E-state index contributed by atoms with van der Waals surface area (Å²) >= 11 is 0. The highest BCUT2D eigenvalue weighted by Gasteiger charge is 2.32. The minimum atomic E-state index is -0.495. The maximum Gasteiger partial charge on any atom is 0.311 e. The molecule has 4 rings (SSSR count). The van der Waals surface area contributed by atoms with E-state index in [2.05, 4.69) is 4.90 Å². The molecule has 1 fully saturated rings. The van der Waals surface area contributed by atoms with Gasteiger partial charge in [-0.25, -0.2) is 4.39 Å². The van der Waals surface area contributed by atoms with E-state index in [1.54, 1.807) is 35.2 Å². The monoisotopic (exact) mass is 451 g/mol. The van der Waals surface area contributed by atoms with Gasteiger partial charge in [-0.3, -0.25) is 19.8 Å². The molecule has 2 atom stereocenters. The summed E-state index contributed by atoms with van der Waals surface area (Å²) in [7, 11) is 0. The number of nitrogens with zero attached hydrogens (tertiary/aromatic N) is 3. The lowest BCUT2D eigenvalue weighted by molar-refractivity contribution is -0.385. The summed E-state index contributed by atoms with van der Waals surface area (Å²) in [4.78, 5) is 28.1. The van der Waals surface area contributed by atoms with Gasteiger partial charge >= 0.3 is 5.69 Å². The first-order valence-electron chi connectivity index (χ1n) is 10.9. The Morgan fingerprint density at radius 1 is 1.06 bits per heavy atom. The summed E-state index contributed by atoms with van der Waals surface area (Å²) in [5, 5.41) is 12.9. The van der Waals surface area contributed by atoms with Crippen molar-refractivity contribution < 1.29 is 18.8 Å². The molecule has 0 saturated carbocycles. The first-order valence-corrected chi connectivity index (χ1v) is 10.9. The maximum absolute atomic E-state index is 13.2. The van der Waals surface area contributed by atoms with Crippen molar-refractivity contribution in [2.75, 3.05) is 19.7 Å². The van der Waals surface area contributed by atoms with Gasteiger partial charge in [-0.15, -0.1) is 0 Å². The molecule has 33 heavy (non-hydrogen) atoms. The van der Waals surface area contributed by atoms with E-state index in [0.717, 1.165) is 10.9 Å². The summed E-state index contributed by atoms with van der Waals surface area (Å²) in [6, 6.07) is 16.8. The number of rotatable bonds is 6. The zero-order chi connectivity index (χ0) is 23.5. The average Bonchev–Trinajstić information content (AvgIpc) is 2.80. The third-order valence-corrected chi connectivity index (χ3v) is 6.13. The molecule has 0 radical (unpaired) electrons. The number of benzene rings is 3. The summed E-state index contributed by atoms with van der Waals surface area (Å²) in [5.74, 6) is -0.359. The van der Waals surface area contributed by atoms with Crippen LogP contribution in [0, 0.1) is 15.9 Å². The van der Waals surface area contributed by atoms with Gasteiger partial charge in [-0.1, -0.05) is 36.4 Å². The van der Waals surface area contributed by atoms with Crippen LogP contribution >= 0.6 is 0 Å². The number of nitro benzene ring substituents is 1. The van der Waals surface area contributed by atoms with E-state index in [0.29, 0.717) is 25.0 Å². The fourth-order valence-corrected chi connectivity index (χ4v) is 4.33. The number of piperazine rings is 1. The minimum Gasteiger partial charge on any atom is -0.476 e. The number of amides is 1. The molecule has 1 amide bonds. The normalized spacial score (nSPS) is 18.9. The van der Waals surface area contributed by atoms with Crippen molar-refractivity contribution in [2.24, 2.45) is 0 Å². The zero-order valence-corrected chi connectivity index (χ0v) is 18.6. The van der Waals surface area contributed by atoms with E-state index in [9.17, 15) is 19.3 Å². The molecule has 7 nitrogen and oxygen atoms in total. The topological polar surface area (TPSA) is 75.9 Å². The lowest BCUT2D eigenvalue weighted by Gasteiger charge is -2.44. The fourth-order valence-electron chi connectivity index (χ4n) is 4.33. The molecule has 0 spiro atoms. The molecule has 1 aliphatic heterocycles. The second kappa shape index (κ2) is 9.54. The number of hydrogen-bond acceptors (Lipinski definition) is 5. The van der Waals surface area contributed by atoms with Gasteiger partial charge in [0.2, 0.25) is 5.75 Å². The third-order valence-electron chi connectivity index (χ3n) is 6.13. The van der Waals surface area contributed by atoms with E-state index in [1.807, 2.05) is 26.0 Å². The second-order valence-electron chi connectivity index (χ2n) is 8.48. The molecule has 0 bridgehead atoms. The van der Waals surface area contributed by atoms with Gasteiger partial charge in [0.15, 0.2) is 6.61 Å². The molecule has 3 aromatic carbocycles. The maximum atomic E-state index is 13.2. The SMILES string of the molecule is CC1CN(C(=O)COc2c([N+](=O)[O-])ccc3ccccc23)C(C)CN1Cc1ccc(F)cc1. The molecule has 1 saturated heterocycles. The lowest BCUT2D eigenvalue weighted by atomic mass is 10.1. The van der Waals surface area contributed by atoms with Crippen molar-refractivity contribution in [3.8, 4) is 5.75 Å². The van der Waals surface area contributed by atoms with E-state index in [-0.39, 0.29) is 41.9 Å². The van der Waals surface area contributed by atoms with Crippen LogP contribution < -0.4 is 4.74 Å². The number of carbonyl (C=O) groups is 1. The third kappa shape index (κ3) is 4.96.